The summed E-state index contributed by atoms with van der Waals surface area (Å²) in [6.07, 6.45) is 4.40. The first-order valence-electron chi connectivity index (χ1n) is 7.63. The zero-order valence-corrected chi connectivity index (χ0v) is 13.2. The molecule has 0 spiro atoms. The zero-order valence-electron chi connectivity index (χ0n) is 13.2. The van der Waals surface area contributed by atoms with Gasteiger partial charge in [-0.25, -0.2) is 0 Å². The Morgan fingerprint density at radius 3 is 2.29 bits per heavy atom. The minimum atomic E-state index is -1.01. The van der Waals surface area contributed by atoms with Crippen LogP contribution >= 0.6 is 0 Å². The highest BCUT2D eigenvalue weighted by Crippen LogP contribution is 2.26. The van der Waals surface area contributed by atoms with Gasteiger partial charge in [0.1, 0.15) is 5.54 Å². The molecule has 6 nitrogen and oxygen atoms in total. The molecule has 4 N–H and O–H groups in total. The molecule has 0 aromatic heterocycles. The highest BCUT2D eigenvalue weighted by molar-refractivity contribution is 5.93. The highest BCUT2D eigenvalue weighted by Gasteiger charge is 2.37. The van der Waals surface area contributed by atoms with Crippen molar-refractivity contribution in [3.8, 4) is 0 Å². The summed E-state index contributed by atoms with van der Waals surface area (Å²) in [5.41, 5.74) is 4.03. The number of primary amides is 1. The quantitative estimate of drug-likeness (QED) is 0.644. The SMILES string of the molecule is CC(C)C[C@](C)(NC(=O)C1CCCC1)C(=O)NCC(N)=O. The van der Waals surface area contributed by atoms with Crippen LogP contribution in [0.2, 0.25) is 0 Å². The van der Waals surface area contributed by atoms with E-state index >= 15 is 0 Å². The van der Waals surface area contributed by atoms with E-state index in [0.717, 1.165) is 25.7 Å². The molecular formula is C15H27N3O3. The number of nitrogens with two attached hydrogens (primary N) is 1. The summed E-state index contributed by atoms with van der Waals surface area (Å²) in [6.45, 7) is 5.46. The maximum Gasteiger partial charge on any atom is 0.245 e. The van der Waals surface area contributed by atoms with E-state index in [0.29, 0.717) is 6.42 Å². The lowest BCUT2D eigenvalue weighted by Crippen LogP contribution is -2.59. The van der Waals surface area contributed by atoms with Gasteiger partial charge in [0.15, 0.2) is 0 Å². The minimum absolute atomic E-state index is 0.000396. The van der Waals surface area contributed by atoms with Crippen molar-refractivity contribution in [1.82, 2.24) is 10.6 Å². The lowest BCUT2D eigenvalue weighted by atomic mass is 9.88. The van der Waals surface area contributed by atoms with Crippen molar-refractivity contribution in [3.05, 3.63) is 0 Å². The predicted molar refractivity (Wildman–Crippen MR) is 80.2 cm³/mol. The molecule has 6 heteroatoms. The Morgan fingerprint density at radius 2 is 1.81 bits per heavy atom. The molecule has 1 rings (SSSR count). The van der Waals surface area contributed by atoms with Crippen LogP contribution in [0.1, 0.15) is 52.9 Å². The molecule has 0 saturated heterocycles. The summed E-state index contributed by atoms with van der Waals surface area (Å²) < 4.78 is 0. The third-order valence-electron chi connectivity index (χ3n) is 3.87. The number of carbonyl (C=O) groups is 3. The minimum Gasteiger partial charge on any atom is -0.368 e. The monoisotopic (exact) mass is 297 g/mol. The maximum atomic E-state index is 12.3. The van der Waals surface area contributed by atoms with Crippen molar-refractivity contribution in [1.29, 1.82) is 0 Å². The third kappa shape index (κ3) is 5.36. The maximum absolute atomic E-state index is 12.3. The van der Waals surface area contributed by atoms with E-state index in [1.165, 1.54) is 0 Å². The molecular weight excluding hydrogens is 270 g/mol. The summed E-state index contributed by atoms with van der Waals surface area (Å²) in [7, 11) is 0. The Balaban J connectivity index is 2.73. The van der Waals surface area contributed by atoms with Crippen molar-refractivity contribution < 1.29 is 14.4 Å². The van der Waals surface area contributed by atoms with E-state index in [1.807, 2.05) is 13.8 Å². The second kappa shape index (κ2) is 7.43. The summed E-state index contributed by atoms with van der Waals surface area (Å²) >= 11 is 0. The summed E-state index contributed by atoms with van der Waals surface area (Å²) in [5.74, 6) is -0.790. The fourth-order valence-electron chi connectivity index (χ4n) is 2.94. The molecule has 1 aliphatic carbocycles. The van der Waals surface area contributed by atoms with E-state index in [1.54, 1.807) is 6.92 Å². The van der Waals surface area contributed by atoms with Crippen LogP contribution in [-0.4, -0.2) is 29.8 Å². The Labute approximate surface area is 126 Å². The fraction of sp³-hybridized carbons (Fsp3) is 0.800. The van der Waals surface area contributed by atoms with Gasteiger partial charge in [-0.1, -0.05) is 26.7 Å². The van der Waals surface area contributed by atoms with Gasteiger partial charge in [-0.3, -0.25) is 14.4 Å². The number of nitrogens with one attached hydrogen (secondary N) is 2. The molecule has 0 aromatic rings. The van der Waals surface area contributed by atoms with Crippen LogP contribution < -0.4 is 16.4 Å². The first-order chi connectivity index (χ1) is 9.74. The number of hydrogen-bond donors (Lipinski definition) is 3. The predicted octanol–water partition coefficient (Wildman–Crippen LogP) is 0.699. The van der Waals surface area contributed by atoms with Crippen LogP contribution in [0.25, 0.3) is 0 Å². The van der Waals surface area contributed by atoms with Crippen molar-refractivity contribution in [2.24, 2.45) is 17.6 Å². The van der Waals surface area contributed by atoms with Crippen LogP contribution in [0.3, 0.4) is 0 Å². The van der Waals surface area contributed by atoms with E-state index in [-0.39, 0.29) is 30.2 Å². The summed E-state index contributed by atoms with van der Waals surface area (Å²) in [6, 6.07) is 0. The first kappa shape index (κ1) is 17.5. The average molecular weight is 297 g/mol. The van der Waals surface area contributed by atoms with Crippen LogP contribution in [0.5, 0.6) is 0 Å². The fourth-order valence-corrected chi connectivity index (χ4v) is 2.94. The molecule has 0 aliphatic heterocycles. The lowest BCUT2D eigenvalue weighted by molar-refractivity contribution is -0.136. The van der Waals surface area contributed by atoms with Crippen molar-refractivity contribution >= 4 is 17.7 Å². The molecule has 0 radical (unpaired) electrons. The second-order valence-corrected chi connectivity index (χ2v) is 6.55. The van der Waals surface area contributed by atoms with Crippen LogP contribution in [-0.2, 0) is 14.4 Å². The molecule has 120 valence electrons. The lowest BCUT2D eigenvalue weighted by Gasteiger charge is -2.32. The molecule has 0 aromatic carbocycles. The molecule has 1 saturated carbocycles. The van der Waals surface area contributed by atoms with Gasteiger partial charge in [0.2, 0.25) is 17.7 Å². The van der Waals surface area contributed by atoms with Gasteiger partial charge in [-0.2, -0.15) is 0 Å². The van der Waals surface area contributed by atoms with Crippen molar-refractivity contribution in [3.63, 3.8) is 0 Å². The Bertz CT molecular complexity index is 403. The number of amides is 3. The molecule has 0 unspecified atom stereocenters. The van der Waals surface area contributed by atoms with Gasteiger partial charge >= 0.3 is 0 Å². The molecule has 3 amide bonds. The Morgan fingerprint density at radius 1 is 1.24 bits per heavy atom. The van der Waals surface area contributed by atoms with E-state index in [4.69, 9.17) is 5.73 Å². The van der Waals surface area contributed by atoms with Crippen molar-refractivity contribution in [2.45, 2.75) is 58.4 Å². The largest absolute Gasteiger partial charge is 0.368 e. The summed E-state index contributed by atoms with van der Waals surface area (Å²) in [4.78, 5) is 35.4. The third-order valence-corrected chi connectivity index (χ3v) is 3.87. The molecule has 21 heavy (non-hydrogen) atoms. The van der Waals surface area contributed by atoms with Crippen LogP contribution in [0.15, 0.2) is 0 Å². The van der Waals surface area contributed by atoms with E-state index in [9.17, 15) is 14.4 Å². The van der Waals surface area contributed by atoms with Crippen LogP contribution in [0, 0.1) is 11.8 Å². The molecule has 0 heterocycles. The van der Waals surface area contributed by atoms with Gasteiger partial charge in [0.25, 0.3) is 0 Å². The van der Waals surface area contributed by atoms with Gasteiger partial charge < -0.3 is 16.4 Å². The smallest absolute Gasteiger partial charge is 0.245 e. The van der Waals surface area contributed by atoms with E-state index < -0.39 is 11.4 Å². The normalized spacial score (nSPS) is 18.3. The van der Waals surface area contributed by atoms with Gasteiger partial charge in [0, 0.05) is 5.92 Å². The topological polar surface area (TPSA) is 101 Å². The highest BCUT2D eigenvalue weighted by atomic mass is 16.2. The number of hydrogen-bond acceptors (Lipinski definition) is 3. The first-order valence-corrected chi connectivity index (χ1v) is 7.63. The summed E-state index contributed by atoms with van der Waals surface area (Å²) in [5, 5.41) is 5.38. The second-order valence-electron chi connectivity index (χ2n) is 6.55. The van der Waals surface area contributed by atoms with Crippen LogP contribution in [0.4, 0.5) is 0 Å². The van der Waals surface area contributed by atoms with Crippen molar-refractivity contribution in [2.75, 3.05) is 6.54 Å². The number of rotatable bonds is 7. The van der Waals surface area contributed by atoms with Gasteiger partial charge in [0.05, 0.1) is 6.54 Å². The average Bonchev–Trinajstić information content (AvgIpc) is 2.88. The molecule has 1 fully saturated rings. The zero-order chi connectivity index (χ0) is 16.0. The van der Waals surface area contributed by atoms with E-state index in [2.05, 4.69) is 10.6 Å². The molecule has 0 bridgehead atoms. The Kier molecular flexibility index (Phi) is 6.18. The Hall–Kier alpha value is -1.59. The molecule has 1 atom stereocenters. The van der Waals surface area contributed by atoms with Gasteiger partial charge in [-0.05, 0) is 32.1 Å². The van der Waals surface area contributed by atoms with Gasteiger partial charge in [-0.15, -0.1) is 0 Å². The standard InChI is InChI=1S/C15H27N3O3/c1-10(2)8-15(3,14(21)17-9-12(16)19)18-13(20)11-6-4-5-7-11/h10-11H,4-9H2,1-3H3,(H2,16,19)(H,17,21)(H,18,20)/t15-/m0/s1. The number of carbonyl (C=O) groups excluding carboxylic acids is 3. The molecule has 1 aliphatic rings.